The van der Waals surface area contributed by atoms with Crippen molar-refractivity contribution in [3.63, 3.8) is 0 Å². The van der Waals surface area contributed by atoms with Gasteiger partial charge in [0.1, 0.15) is 0 Å². The number of hydrogen-bond donors (Lipinski definition) is 0. The molecule has 0 spiro atoms. The zero-order valence-electron chi connectivity index (χ0n) is 9.16. The molecule has 0 unspecified atom stereocenters. The quantitative estimate of drug-likeness (QED) is 0.736. The van der Waals surface area contributed by atoms with Gasteiger partial charge in [-0.2, -0.15) is 0 Å². The Morgan fingerprint density at radius 1 is 1.12 bits per heavy atom. The second-order valence-electron chi connectivity index (χ2n) is 3.03. The lowest BCUT2D eigenvalue weighted by molar-refractivity contribution is -0.0665. The van der Waals surface area contributed by atoms with Crippen LogP contribution in [0, 0.1) is 0 Å². The molecule has 0 heterocycles. The number of sulfone groups is 1. The van der Waals surface area contributed by atoms with Crippen molar-refractivity contribution in [2.75, 3.05) is 14.2 Å². The first-order chi connectivity index (χ1) is 7.60. The summed E-state index contributed by atoms with van der Waals surface area (Å²) in [7, 11) is -0.540. The molecule has 0 amide bonds. The average Bonchev–Trinajstić information content (AvgIpc) is 2.31. The summed E-state index contributed by atoms with van der Waals surface area (Å²) in [5.41, 5.74) is 0. The molecule has 1 aromatic rings. The molecule has 0 fully saturated rings. The van der Waals surface area contributed by atoms with Crippen molar-refractivity contribution >= 4 is 9.84 Å². The van der Waals surface area contributed by atoms with Crippen molar-refractivity contribution in [1.29, 1.82) is 0 Å². The summed E-state index contributed by atoms with van der Waals surface area (Å²) in [4.78, 5) is 0.247. The van der Waals surface area contributed by atoms with E-state index >= 15 is 0 Å². The van der Waals surface area contributed by atoms with Crippen LogP contribution in [0.25, 0.3) is 0 Å². The van der Waals surface area contributed by atoms with Crippen LogP contribution in [-0.2, 0) is 19.3 Å². The molecule has 88 valence electrons. The molecular weight excluding hydrogens is 228 g/mol. The second-order valence-corrected chi connectivity index (χ2v) is 4.86. The second kappa shape index (κ2) is 5.79. The fourth-order valence-corrected chi connectivity index (χ4v) is 2.14. The van der Waals surface area contributed by atoms with E-state index in [9.17, 15) is 8.42 Å². The van der Waals surface area contributed by atoms with Gasteiger partial charge in [0, 0.05) is 19.6 Å². The monoisotopic (exact) mass is 242 g/mol. The predicted octanol–water partition coefficient (Wildman–Crippen LogP) is 1.59. The molecule has 1 aromatic carbocycles. The third kappa shape index (κ3) is 3.44. The Kier molecular flexibility index (Phi) is 4.67. The maximum Gasteiger partial charge on any atom is 0.199 e. The lowest BCUT2D eigenvalue weighted by Crippen LogP contribution is -2.09. The van der Waals surface area contributed by atoms with E-state index in [-0.39, 0.29) is 4.90 Å². The molecule has 0 aliphatic rings. The highest BCUT2D eigenvalue weighted by molar-refractivity contribution is 7.94. The van der Waals surface area contributed by atoms with Gasteiger partial charge < -0.3 is 9.47 Å². The average molecular weight is 242 g/mol. The Balaban J connectivity index is 2.89. The fourth-order valence-electron chi connectivity index (χ4n) is 1.11. The number of ether oxygens (including phenoxy) is 2. The third-order valence-electron chi connectivity index (χ3n) is 1.95. The molecule has 4 nitrogen and oxygen atoms in total. The van der Waals surface area contributed by atoms with Crippen LogP contribution in [-0.4, -0.2) is 28.9 Å². The number of rotatable bonds is 5. The van der Waals surface area contributed by atoms with Crippen LogP contribution in [0.3, 0.4) is 0 Å². The minimum absolute atomic E-state index is 0.247. The van der Waals surface area contributed by atoms with Crippen LogP contribution in [0.2, 0.25) is 0 Å². The summed E-state index contributed by atoms with van der Waals surface area (Å²) in [6, 6.07) is 8.17. The van der Waals surface area contributed by atoms with Gasteiger partial charge in [-0.05, 0) is 18.2 Å². The number of methoxy groups -OCH3 is 2. The molecule has 16 heavy (non-hydrogen) atoms. The van der Waals surface area contributed by atoms with Crippen molar-refractivity contribution in [2.45, 2.75) is 11.2 Å². The molecule has 0 aliphatic carbocycles. The van der Waals surface area contributed by atoms with Crippen LogP contribution in [0.5, 0.6) is 0 Å². The zero-order chi connectivity index (χ0) is 12.0. The van der Waals surface area contributed by atoms with Crippen LogP contribution < -0.4 is 0 Å². The van der Waals surface area contributed by atoms with Gasteiger partial charge in [-0.15, -0.1) is 0 Å². The molecule has 0 radical (unpaired) electrons. The highest BCUT2D eigenvalue weighted by Crippen LogP contribution is 2.11. The largest absolute Gasteiger partial charge is 0.352 e. The molecule has 0 atom stereocenters. The summed E-state index contributed by atoms with van der Waals surface area (Å²) < 4.78 is 33.3. The molecule has 0 aromatic heterocycles. The molecule has 0 bridgehead atoms. The fraction of sp³-hybridized carbons (Fsp3) is 0.273. The van der Waals surface area contributed by atoms with Gasteiger partial charge in [-0.25, -0.2) is 8.42 Å². The molecular formula is C11H14O4S. The molecule has 0 N–H and O–H groups in total. The van der Waals surface area contributed by atoms with E-state index in [0.29, 0.717) is 0 Å². The summed E-state index contributed by atoms with van der Waals surface area (Å²) in [6.07, 6.45) is 0.695. The van der Waals surface area contributed by atoms with Crippen LogP contribution in [0.4, 0.5) is 0 Å². The molecule has 0 aliphatic heterocycles. The number of hydrogen-bond acceptors (Lipinski definition) is 4. The zero-order valence-corrected chi connectivity index (χ0v) is 9.98. The molecule has 0 saturated carbocycles. The Labute approximate surface area is 95.4 Å². The van der Waals surface area contributed by atoms with E-state index in [4.69, 9.17) is 9.47 Å². The summed E-state index contributed by atoms with van der Waals surface area (Å²) >= 11 is 0. The standard InChI is InChI=1S/C11H14O4S/c1-14-11(15-2)8-9-16(12,13)10-6-4-3-5-7-10/h3-9,11H,1-2H3. The Hall–Kier alpha value is -1.17. The highest BCUT2D eigenvalue weighted by Gasteiger charge is 2.10. The van der Waals surface area contributed by atoms with Crippen LogP contribution in [0.1, 0.15) is 0 Å². The van der Waals surface area contributed by atoms with Crippen molar-refractivity contribution in [2.24, 2.45) is 0 Å². The van der Waals surface area contributed by atoms with E-state index in [2.05, 4.69) is 0 Å². The first-order valence-corrected chi connectivity index (χ1v) is 6.18. The molecule has 1 rings (SSSR count). The lowest BCUT2D eigenvalue weighted by atomic mass is 10.4. The predicted molar refractivity (Wildman–Crippen MR) is 60.6 cm³/mol. The minimum atomic E-state index is -3.42. The first-order valence-electron chi connectivity index (χ1n) is 4.64. The van der Waals surface area contributed by atoms with Gasteiger partial charge in [0.05, 0.1) is 4.90 Å². The van der Waals surface area contributed by atoms with Crippen LogP contribution in [0.15, 0.2) is 46.7 Å². The van der Waals surface area contributed by atoms with Crippen molar-refractivity contribution in [3.05, 3.63) is 41.8 Å². The topological polar surface area (TPSA) is 52.6 Å². The molecule has 0 saturated heterocycles. The van der Waals surface area contributed by atoms with E-state index in [0.717, 1.165) is 5.41 Å². The van der Waals surface area contributed by atoms with E-state index < -0.39 is 16.1 Å². The van der Waals surface area contributed by atoms with Crippen LogP contribution >= 0.6 is 0 Å². The summed E-state index contributed by atoms with van der Waals surface area (Å²) in [5, 5.41) is 1.08. The van der Waals surface area contributed by atoms with E-state index in [1.807, 2.05) is 0 Å². The van der Waals surface area contributed by atoms with Gasteiger partial charge in [-0.1, -0.05) is 18.2 Å². The SMILES string of the molecule is COC(C=CS(=O)(=O)c1ccccc1)OC. The normalized spacial score (nSPS) is 12.4. The van der Waals surface area contributed by atoms with Gasteiger partial charge in [0.2, 0.25) is 0 Å². The maximum absolute atomic E-state index is 11.8. The van der Waals surface area contributed by atoms with E-state index in [1.165, 1.54) is 32.4 Å². The Morgan fingerprint density at radius 2 is 1.69 bits per heavy atom. The van der Waals surface area contributed by atoms with Gasteiger partial charge in [0.25, 0.3) is 0 Å². The van der Waals surface area contributed by atoms with Gasteiger partial charge in [-0.3, -0.25) is 0 Å². The highest BCUT2D eigenvalue weighted by atomic mass is 32.2. The summed E-state index contributed by atoms with van der Waals surface area (Å²) in [5.74, 6) is 0. The number of benzene rings is 1. The minimum Gasteiger partial charge on any atom is -0.352 e. The van der Waals surface area contributed by atoms with E-state index in [1.54, 1.807) is 18.2 Å². The Morgan fingerprint density at radius 3 is 2.19 bits per heavy atom. The Bertz CT molecular complexity index is 432. The van der Waals surface area contributed by atoms with Gasteiger partial charge >= 0.3 is 0 Å². The smallest absolute Gasteiger partial charge is 0.199 e. The van der Waals surface area contributed by atoms with Gasteiger partial charge in [0.15, 0.2) is 16.1 Å². The first kappa shape index (κ1) is 12.9. The summed E-state index contributed by atoms with van der Waals surface area (Å²) in [6.45, 7) is 0. The third-order valence-corrected chi connectivity index (χ3v) is 3.40. The van der Waals surface area contributed by atoms with Crippen molar-refractivity contribution < 1.29 is 17.9 Å². The van der Waals surface area contributed by atoms with Crippen molar-refractivity contribution in [3.8, 4) is 0 Å². The maximum atomic E-state index is 11.8. The van der Waals surface area contributed by atoms with Crippen molar-refractivity contribution in [1.82, 2.24) is 0 Å². The molecule has 5 heteroatoms. The lowest BCUT2D eigenvalue weighted by Gasteiger charge is -2.07.